The van der Waals surface area contributed by atoms with Crippen molar-refractivity contribution in [2.24, 2.45) is 11.7 Å². The first-order valence-corrected chi connectivity index (χ1v) is 8.55. The Hall–Kier alpha value is -1.15. The van der Waals surface area contributed by atoms with Crippen molar-refractivity contribution in [3.63, 3.8) is 0 Å². The van der Waals surface area contributed by atoms with Gasteiger partial charge in [-0.1, -0.05) is 6.07 Å². The topological polar surface area (TPSA) is 90.7 Å². The summed E-state index contributed by atoms with van der Waals surface area (Å²) in [6.45, 7) is 0.672. The van der Waals surface area contributed by atoms with Gasteiger partial charge in [-0.2, -0.15) is 0 Å². The highest BCUT2D eigenvalue weighted by molar-refractivity contribution is 7.89. The number of hydrogen-bond donors (Lipinski definition) is 2. The Morgan fingerprint density at radius 2 is 2.24 bits per heavy atom. The highest BCUT2D eigenvalue weighted by Crippen LogP contribution is 2.37. The molecule has 116 valence electrons. The molecule has 1 aromatic rings. The van der Waals surface area contributed by atoms with Gasteiger partial charge in [-0.15, -0.1) is 0 Å². The third-order valence-corrected chi connectivity index (χ3v) is 5.78. The normalized spacial score (nSPS) is 32.1. The molecule has 2 aliphatic rings. The fraction of sp³-hybridized carbons (Fsp3) is 0.571. The fourth-order valence-corrected chi connectivity index (χ4v) is 4.42. The zero-order valence-electron chi connectivity index (χ0n) is 11.9. The van der Waals surface area contributed by atoms with E-state index in [9.17, 15) is 8.42 Å². The van der Waals surface area contributed by atoms with Crippen LogP contribution in [0.5, 0.6) is 5.75 Å². The van der Waals surface area contributed by atoms with Crippen molar-refractivity contribution in [2.75, 3.05) is 13.7 Å². The number of benzene rings is 1. The molecule has 1 aliphatic carbocycles. The van der Waals surface area contributed by atoms with Gasteiger partial charge in [0, 0.05) is 24.6 Å². The first-order chi connectivity index (χ1) is 10.0. The lowest BCUT2D eigenvalue weighted by Gasteiger charge is -2.52. The molecule has 2 fully saturated rings. The zero-order chi connectivity index (χ0) is 15.0. The summed E-state index contributed by atoms with van der Waals surface area (Å²) in [6, 6.07) is 5.84. The van der Waals surface area contributed by atoms with Crippen molar-refractivity contribution in [1.29, 1.82) is 0 Å². The lowest BCUT2D eigenvalue weighted by Crippen LogP contribution is -2.71. The second kappa shape index (κ2) is 5.57. The Labute approximate surface area is 124 Å². The molecule has 0 amide bonds. The fourth-order valence-electron chi connectivity index (χ4n) is 3.11. The number of ether oxygens (including phenoxy) is 2. The number of methoxy groups -OCH3 is 1. The van der Waals surface area contributed by atoms with Crippen LogP contribution in [-0.2, 0) is 14.8 Å². The van der Waals surface area contributed by atoms with E-state index in [2.05, 4.69) is 4.72 Å². The minimum absolute atomic E-state index is 0.103. The summed E-state index contributed by atoms with van der Waals surface area (Å²) in [5, 5.41) is 0. The zero-order valence-corrected chi connectivity index (χ0v) is 12.7. The van der Waals surface area contributed by atoms with Crippen molar-refractivity contribution >= 4 is 10.0 Å². The smallest absolute Gasteiger partial charge is 0.241 e. The van der Waals surface area contributed by atoms with Gasteiger partial charge in [-0.3, -0.25) is 0 Å². The van der Waals surface area contributed by atoms with Crippen LogP contribution in [0, 0.1) is 5.92 Å². The molecule has 0 radical (unpaired) electrons. The Bertz CT molecular complexity index is 619. The number of hydrogen-bond acceptors (Lipinski definition) is 5. The maximum atomic E-state index is 12.4. The molecule has 1 saturated heterocycles. The number of sulfonamides is 1. The molecule has 1 saturated carbocycles. The van der Waals surface area contributed by atoms with E-state index in [0.29, 0.717) is 12.4 Å². The molecule has 21 heavy (non-hydrogen) atoms. The van der Waals surface area contributed by atoms with E-state index in [-0.39, 0.29) is 29.0 Å². The van der Waals surface area contributed by atoms with Crippen molar-refractivity contribution in [3.8, 4) is 5.75 Å². The molecule has 1 aromatic carbocycles. The van der Waals surface area contributed by atoms with Gasteiger partial charge >= 0.3 is 0 Å². The third kappa shape index (κ3) is 2.66. The van der Waals surface area contributed by atoms with Crippen LogP contribution in [0.3, 0.4) is 0 Å². The molecule has 7 heteroatoms. The van der Waals surface area contributed by atoms with Gasteiger partial charge in [0.25, 0.3) is 0 Å². The van der Waals surface area contributed by atoms with Crippen molar-refractivity contribution in [3.05, 3.63) is 24.3 Å². The molecule has 4 atom stereocenters. The molecule has 6 nitrogen and oxygen atoms in total. The number of rotatable bonds is 4. The van der Waals surface area contributed by atoms with Crippen LogP contribution in [0.25, 0.3) is 0 Å². The van der Waals surface area contributed by atoms with Gasteiger partial charge in [0.05, 0.1) is 24.2 Å². The second-order valence-corrected chi connectivity index (χ2v) is 7.26. The molecule has 4 unspecified atom stereocenters. The Kier molecular flexibility index (Phi) is 3.92. The van der Waals surface area contributed by atoms with Gasteiger partial charge in [0.15, 0.2) is 0 Å². The van der Waals surface area contributed by atoms with Gasteiger partial charge in [0.2, 0.25) is 10.0 Å². The monoisotopic (exact) mass is 312 g/mol. The van der Waals surface area contributed by atoms with Crippen molar-refractivity contribution in [1.82, 2.24) is 4.72 Å². The van der Waals surface area contributed by atoms with Crippen LogP contribution in [-0.4, -0.2) is 40.3 Å². The standard InChI is InChI=1S/C14H20N2O4S/c1-19-9-4-2-5-10(8-9)21(17,18)16-13-12(15)11-6-3-7-20-14(11)13/h2,4-5,8,11-14,16H,3,6-7,15H2,1H3. The van der Waals surface area contributed by atoms with Crippen LogP contribution in [0.2, 0.25) is 0 Å². The van der Waals surface area contributed by atoms with Gasteiger partial charge < -0.3 is 15.2 Å². The molecule has 1 heterocycles. The van der Waals surface area contributed by atoms with E-state index in [1.165, 1.54) is 19.2 Å². The Balaban J connectivity index is 1.77. The summed E-state index contributed by atoms with van der Waals surface area (Å²) in [5.74, 6) is 0.763. The first-order valence-electron chi connectivity index (χ1n) is 7.06. The minimum Gasteiger partial charge on any atom is -0.497 e. The van der Waals surface area contributed by atoms with E-state index in [1.807, 2.05) is 0 Å². The van der Waals surface area contributed by atoms with Gasteiger partial charge in [-0.25, -0.2) is 13.1 Å². The largest absolute Gasteiger partial charge is 0.497 e. The van der Waals surface area contributed by atoms with E-state index in [0.717, 1.165) is 12.8 Å². The van der Waals surface area contributed by atoms with E-state index in [4.69, 9.17) is 15.2 Å². The summed E-state index contributed by atoms with van der Waals surface area (Å²) in [6.07, 6.45) is 1.89. The highest BCUT2D eigenvalue weighted by atomic mass is 32.2. The average molecular weight is 312 g/mol. The summed E-state index contributed by atoms with van der Waals surface area (Å²) in [4.78, 5) is 0.174. The molecule has 3 N–H and O–H groups in total. The quantitative estimate of drug-likeness (QED) is 0.844. The van der Waals surface area contributed by atoms with E-state index >= 15 is 0 Å². The summed E-state index contributed by atoms with van der Waals surface area (Å²) in [7, 11) is -2.12. The molecule has 3 rings (SSSR count). The molecular weight excluding hydrogens is 292 g/mol. The lowest BCUT2D eigenvalue weighted by atomic mass is 9.69. The third-order valence-electron chi connectivity index (χ3n) is 4.32. The number of nitrogens with one attached hydrogen (secondary N) is 1. The summed E-state index contributed by atoms with van der Waals surface area (Å²) in [5.41, 5.74) is 6.09. The maximum Gasteiger partial charge on any atom is 0.241 e. The number of fused-ring (bicyclic) bond motifs is 1. The average Bonchev–Trinajstić information content (AvgIpc) is 2.52. The predicted molar refractivity (Wildman–Crippen MR) is 77.5 cm³/mol. The Morgan fingerprint density at radius 3 is 3.00 bits per heavy atom. The number of nitrogens with two attached hydrogens (primary N) is 1. The maximum absolute atomic E-state index is 12.4. The van der Waals surface area contributed by atoms with E-state index < -0.39 is 10.0 Å². The van der Waals surface area contributed by atoms with Crippen LogP contribution in [0.15, 0.2) is 29.2 Å². The molecule has 0 spiro atoms. The lowest BCUT2D eigenvalue weighted by molar-refractivity contribution is -0.114. The molecular formula is C14H20N2O4S. The summed E-state index contributed by atoms with van der Waals surface area (Å²) >= 11 is 0. The highest BCUT2D eigenvalue weighted by Gasteiger charge is 2.51. The van der Waals surface area contributed by atoms with Gasteiger partial charge in [0.1, 0.15) is 5.75 Å². The first kappa shape index (κ1) is 14.8. The van der Waals surface area contributed by atoms with Crippen LogP contribution >= 0.6 is 0 Å². The van der Waals surface area contributed by atoms with Crippen molar-refractivity contribution < 1.29 is 17.9 Å². The minimum atomic E-state index is -3.63. The SMILES string of the molecule is COc1cccc(S(=O)(=O)NC2C(N)C3CCCOC32)c1. The van der Waals surface area contributed by atoms with Crippen LogP contribution in [0.1, 0.15) is 12.8 Å². The molecule has 0 aromatic heterocycles. The second-order valence-electron chi connectivity index (χ2n) is 5.54. The molecule has 1 aliphatic heterocycles. The predicted octanol–water partition coefficient (Wildman–Crippen LogP) is 0.478. The van der Waals surface area contributed by atoms with Crippen molar-refractivity contribution in [2.45, 2.75) is 35.9 Å². The Morgan fingerprint density at radius 1 is 1.43 bits per heavy atom. The van der Waals surface area contributed by atoms with Crippen LogP contribution < -0.4 is 15.2 Å². The van der Waals surface area contributed by atoms with E-state index in [1.54, 1.807) is 12.1 Å². The summed E-state index contributed by atoms with van der Waals surface area (Å²) < 4.78 is 38.3. The van der Waals surface area contributed by atoms with Crippen LogP contribution in [0.4, 0.5) is 0 Å². The molecule has 0 bridgehead atoms. The van der Waals surface area contributed by atoms with Gasteiger partial charge in [-0.05, 0) is 25.0 Å².